The summed E-state index contributed by atoms with van der Waals surface area (Å²) in [4.78, 5) is 75.6. The van der Waals surface area contributed by atoms with Gasteiger partial charge in [-0.2, -0.15) is 0 Å². The van der Waals surface area contributed by atoms with Crippen LogP contribution in [0.4, 0.5) is 0 Å². The zero-order valence-corrected chi connectivity index (χ0v) is 57.5. The molecular formula is C71H130O9. The maximum absolute atomic E-state index is 11.2. The minimum atomic E-state index is -0.204. The molecule has 0 radical (unpaired) electrons. The Balaban J connectivity index is -0.000000274. The number of allylic oxidation sites excluding steroid dienone is 6. The van der Waals surface area contributed by atoms with Gasteiger partial charge in [-0.05, 0) is 176 Å². The third-order valence-electron chi connectivity index (χ3n) is 14.9. The molecular weight excluding hydrogens is 997 g/mol. The maximum Gasteiger partial charge on any atom is 0.330 e. The summed E-state index contributed by atoms with van der Waals surface area (Å²) in [5.74, 6) is 9.66. The van der Waals surface area contributed by atoms with Crippen molar-refractivity contribution in [2.24, 2.45) is 88.8 Å². The molecule has 0 saturated carbocycles. The molecule has 0 aliphatic carbocycles. The number of carbonyl (C=O) groups is 7. The number of esters is 2. The number of ketones is 5. The van der Waals surface area contributed by atoms with Crippen LogP contribution < -0.4 is 0 Å². The topological polar surface area (TPSA) is 138 Å². The number of cyclic esters (lactones) is 2. The average molecular weight is 1130 g/mol. The van der Waals surface area contributed by atoms with Crippen LogP contribution >= 0.6 is 0 Å². The molecule has 2 heterocycles. The van der Waals surface area contributed by atoms with Gasteiger partial charge in [0.15, 0.2) is 11.6 Å². The largest absolute Gasteiger partial charge is 0.462 e. The summed E-state index contributed by atoms with van der Waals surface area (Å²) in [5, 5.41) is 0. The van der Waals surface area contributed by atoms with Gasteiger partial charge in [-0.25, -0.2) is 4.79 Å². The standard InChI is InChI=1S/C12H24.C11H22O.C11H20O.C10H18O2.C10H18O.C9H16O2.C8H12O2/c1-9(2)7-11(5)8-12(6)10(3)4;2*1-8(2)10(4)6-9(3)7-11(5)12;1-7(2)10(12)6-8(3)5-9(4)11;1-8(2)9(3)6-5-7-10(4)11;1-6(2)8-4-7(3)5-9(10)11-8;1-6(2)7-4-3-5-8(9)10-7/h7,10-12H,8H2,1-6H3;8-10H,6-7H2,1-5H3;7-8,10H,6H2,1-5H3;7-8H,5-6H2,1-4H3;5,7-9H,6H2,1-4H3;6-8H,4-5H2,1-3H3;3,5-7H,4H2,1-2H3/b;;9-7+;;7-5+;;/t11-,12-;9-,10+;10-;8-;9-;7-,8+;7-/m0100010/s1. The molecule has 0 aromatic carbocycles. The smallest absolute Gasteiger partial charge is 0.330 e. The molecule has 0 N–H and O–H groups in total. The van der Waals surface area contributed by atoms with Crippen molar-refractivity contribution in [3.63, 3.8) is 0 Å². The number of Topliss-reactive ketones (excluding diaryl/α,β-unsaturated/α-hetero) is 3. The van der Waals surface area contributed by atoms with Crippen LogP contribution in [0.2, 0.25) is 0 Å². The number of hydrogen-bond donors (Lipinski definition) is 0. The van der Waals surface area contributed by atoms with E-state index in [0.29, 0.717) is 72.4 Å². The maximum atomic E-state index is 11.2. The van der Waals surface area contributed by atoms with Crippen LogP contribution in [0.3, 0.4) is 0 Å². The van der Waals surface area contributed by atoms with Crippen LogP contribution in [0.25, 0.3) is 0 Å². The fraction of sp³-hybridized carbons (Fsp3) is 0.789. The SMILES string of the molecule is CC(=O)/C=C(\C)C[C@H](C)C(C)C.CC(=O)/C=C/C[C@H](C)C(C)C.CC(=O)C[C@H](C)CC(=O)C(C)C.CC(=O)C[C@H](C)C[C@H](C)C(C)C.CC(C)=C[C@H](C)C[C@H](C)C(C)C.CC(C)[C@@H]1CC=CC(=O)O1.CC(C)[C@@H]1C[C@@H](C)CC(=O)O1. The molecule has 9 heteroatoms. The normalized spacial score (nSPS) is 18.6. The van der Waals surface area contributed by atoms with Crippen LogP contribution in [0.5, 0.6) is 0 Å². The van der Waals surface area contributed by atoms with Crippen LogP contribution in [-0.2, 0) is 43.0 Å². The Morgan fingerprint density at radius 2 is 1.01 bits per heavy atom. The Morgan fingerprint density at radius 3 is 1.38 bits per heavy atom. The van der Waals surface area contributed by atoms with Crippen molar-refractivity contribution < 1.29 is 43.0 Å². The lowest BCUT2D eigenvalue weighted by molar-refractivity contribution is -0.159. The van der Waals surface area contributed by atoms with E-state index in [1.165, 1.54) is 30.1 Å². The highest BCUT2D eigenvalue weighted by atomic mass is 16.5. The second kappa shape index (κ2) is 48.7. The number of ether oxygens (including phenoxy) is 2. The molecule has 80 heavy (non-hydrogen) atoms. The first-order valence-corrected chi connectivity index (χ1v) is 31.1. The fourth-order valence-electron chi connectivity index (χ4n) is 8.37. The van der Waals surface area contributed by atoms with Gasteiger partial charge in [0.05, 0.1) is 0 Å². The van der Waals surface area contributed by atoms with Gasteiger partial charge in [0, 0.05) is 44.1 Å². The highest BCUT2D eigenvalue weighted by molar-refractivity contribution is 5.88. The quantitative estimate of drug-likeness (QED) is 0.0525. The lowest BCUT2D eigenvalue weighted by Crippen LogP contribution is -2.31. The molecule has 2 aliphatic heterocycles. The molecule has 2 rings (SSSR count). The predicted molar refractivity (Wildman–Crippen MR) is 342 cm³/mol. The first-order valence-electron chi connectivity index (χ1n) is 31.1. The van der Waals surface area contributed by atoms with E-state index in [2.05, 4.69) is 151 Å². The first-order chi connectivity index (χ1) is 36.5. The van der Waals surface area contributed by atoms with E-state index in [4.69, 9.17) is 9.47 Å². The number of carbonyl (C=O) groups excluding carboxylic acids is 7. The molecule has 0 aromatic heterocycles. The van der Waals surface area contributed by atoms with E-state index < -0.39 is 0 Å². The van der Waals surface area contributed by atoms with E-state index in [0.717, 1.165) is 61.7 Å². The van der Waals surface area contributed by atoms with Gasteiger partial charge in [0.1, 0.15) is 29.6 Å². The molecule has 0 bridgehead atoms. The summed E-state index contributed by atoms with van der Waals surface area (Å²) in [5.41, 5.74) is 2.64. The number of hydrogen-bond acceptors (Lipinski definition) is 9. The lowest BCUT2D eigenvalue weighted by Gasteiger charge is -2.29. The van der Waals surface area contributed by atoms with Gasteiger partial charge in [-0.1, -0.05) is 182 Å². The van der Waals surface area contributed by atoms with E-state index in [1.54, 1.807) is 39.8 Å². The molecule has 9 nitrogen and oxygen atoms in total. The fourth-order valence-corrected chi connectivity index (χ4v) is 8.37. The van der Waals surface area contributed by atoms with Gasteiger partial charge in [-0.15, -0.1) is 0 Å². The molecule has 10 atom stereocenters. The van der Waals surface area contributed by atoms with Crippen LogP contribution in [0.15, 0.2) is 47.6 Å². The molecule has 0 unspecified atom stereocenters. The zero-order valence-electron chi connectivity index (χ0n) is 57.5. The summed E-state index contributed by atoms with van der Waals surface area (Å²) in [7, 11) is 0. The summed E-state index contributed by atoms with van der Waals surface area (Å²) in [6.45, 7) is 60.4. The Hall–Kier alpha value is -3.75. The minimum Gasteiger partial charge on any atom is -0.462 e. The van der Waals surface area contributed by atoms with Crippen molar-refractivity contribution in [2.75, 3.05) is 0 Å². The van der Waals surface area contributed by atoms with Crippen LogP contribution in [0.1, 0.15) is 265 Å². The van der Waals surface area contributed by atoms with Crippen molar-refractivity contribution in [1.82, 2.24) is 0 Å². The van der Waals surface area contributed by atoms with Crippen molar-refractivity contribution in [2.45, 2.75) is 277 Å². The summed E-state index contributed by atoms with van der Waals surface area (Å²) >= 11 is 0. The Labute approximate surface area is 495 Å². The Bertz CT molecular complexity index is 1820. The number of rotatable bonds is 24. The molecule has 468 valence electrons. The molecule has 1 saturated heterocycles. The van der Waals surface area contributed by atoms with E-state index in [1.807, 2.05) is 39.8 Å². The van der Waals surface area contributed by atoms with Gasteiger partial charge >= 0.3 is 11.9 Å². The lowest BCUT2D eigenvalue weighted by atomic mass is 9.87. The summed E-state index contributed by atoms with van der Waals surface area (Å²) in [6.07, 6.45) is 20.2. The van der Waals surface area contributed by atoms with Gasteiger partial charge in [0.25, 0.3) is 0 Å². The monoisotopic (exact) mass is 1130 g/mol. The average Bonchev–Trinajstić information content (AvgIpc) is 3.28. The Morgan fingerprint density at radius 1 is 0.550 bits per heavy atom. The molecule has 0 amide bonds. The van der Waals surface area contributed by atoms with Gasteiger partial charge in [0.2, 0.25) is 0 Å². The molecule has 0 aromatic rings. The molecule has 1 fully saturated rings. The van der Waals surface area contributed by atoms with E-state index in [9.17, 15) is 33.6 Å². The zero-order chi connectivity index (χ0) is 63.7. The van der Waals surface area contributed by atoms with Crippen molar-refractivity contribution in [3.05, 3.63) is 47.6 Å². The second-order valence-corrected chi connectivity index (χ2v) is 27.2. The van der Waals surface area contributed by atoms with Crippen molar-refractivity contribution in [3.8, 4) is 0 Å². The molecule has 0 spiro atoms. The highest BCUT2D eigenvalue weighted by Gasteiger charge is 2.27. The Kier molecular flexibility index (Phi) is 51.8. The predicted octanol–water partition coefficient (Wildman–Crippen LogP) is 19.3. The van der Waals surface area contributed by atoms with Crippen molar-refractivity contribution in [1.29, 1.82) is 0 Å². The van der Waals surface area contributed by atoms with Crippen molar-refractivity contribution >= 4 is 40.9 Å². The van der Waals surface area contributed by atoms with Crippen LogP contribution in [-0.4, -0.2) is 53.1 Å². The minimum absolute atomic E-state index is 0.0255. The molecule has 2 aliphatic rings. The highest BCUT2D eigenvalue weighted by Crippen LogP contribution is 2.26. The van der Waals surface area contributed by atoms with Gasteiger partial charge in [-0.3, -0.25) is 19.2 Å². The summed E-state index contributed by atoms with van der Waals surface area (Å²) < 4.78 is 10.2. The van der Waals surface area contributed by atoms with Gasteiger partial charge < -0.3 is 19.1 Å². The van der Waals surface area contributed by atoms with E-state index in [-0.39, 0.29) is 59.1 Å². The third-order valence-corrected chi connectivity index (χ3v) is 14.9. The summed E-state index contributed by atoms with van der Waals surface area (Å²) in [6, 6.07) is 0. The van der Waals surface area contributed by atoms with Crippen LogP contribution in [0, 0.1) is 88.8 Å². The third kappa shape index (κ3) is 56.1. The first kappa shape index (κ1) is 85.1. The van der Waals surface area contributed by atoms with E-state index >= 15 is 0 Å². The second-order valence-electron chi connectivity index (χ2n) is 27.2.